The van der Waals surface area contributed by atoms with Gasteiger partial charge in [-0.25, -0.2) is 4.79 Å². The van der Waals surface area contributed by atoms with Gasteiger partial charge in [0.15, 0.2) is 0 Å². The van der Waals surface area contributed by atoms with E-state index in [2.05, 4.69) is 6.08 Å². The average molecular weight is 236 g/mol. The molecule has 2 aromatic carbocycles. The molecule has 0 saturated carbocycles. The molecule has 0 saturated heterocycles. The second-order valence-corrected chi connectivity index (χ2v) is 4.20. The zero-order valence-electron chi connectivity index (χ0n) is 9.80. The largest absolute Gasteiger partial charge is 0.457 e. The van der Waals surface area contributed by atoms with Crippen molar-refractivity contribution in [2.45, 2.75) is 0 Å². The van der Waals surface area contributed by atoms with Crippen LogP contribution in [0.4, 0.5) is 0 Å². The van der Waals surface area contributed by atoms with Crippen molar-refractivity contribution in [1.29, 1.82) is 0 Å². The van der Waals surface area contributed by atoms with E-state index < -0.39 is 0 Å². The molecule has 0 amide bonds. The fourth-order valence-corrected chi connectivity index (χ4v) is 2.11. The van der Waals surface area contributed by atoms with E-state index in [1.54, 1.807) is 6.07 Å². The van der Waals surface area contributed by atoms with Crippen LogP contribution < -0.4 is 0 Å². The van der Waals surface area contributed by atoms with E-state index in [4.69, 9.17) is 4.74 Å². The summed E-state index contributed by atoms with van der Waals surface area (Å²) in [4.78, 5) is 11.6. The number of hydrogen-bond donors (Lipinski definition) is 0. The molecule has 0 bridgehead atoms. The van der Waals surface area contributed by atoms with Gasteiger partial charge in [0, 0.05) is 0 Å². The monoisotopic (exact) mass is 236 g/mol. The molecular formula is C16H12O2. The van der Waals surface area contributed by atoms with Crippen LogP contribution in [-0.2, 0) is 4.74 Å². The summed E-state index contributed by atoms with van der Waals surface area (Å²) in [7, 11) is 0. The molecule has 3 rings (SSSR count). The first-order valence-electron chi connectivity index (χ1n) is 5.87. The maximum atomic E-state index is 11.6. The lowest BCUT2D eigenvalue weighted by atomic mass is 9.96. The molecule has 88 valence electrons. The van der Waals surface area contributed by atoms with Crippen LogP contribution in [0.15, 0.2) is 54.6 Å². The Morgan fingerprint density at radius 1 is 0.889 bits per heavy atom. The van der Waals surface area contributed by atoms with E-state index >= 15 is 0 Å². The zero-order valence-corrected chi connectivity index (χ0v) is 9.80. The molecule has 1 heterocycles. The Hall–Kier alpha value is -2.35. The van der Waals surface area contributed by atoms with Gasteiger partial charge in [-0.1, -0.05) is 48.5 Å². The van der Waals surface area contributed by atoms with Gasteiger partial charge in [0.2, 0.25) is 0 Å². The highest BCUT2D eigenvalue weighted by Crippen LogP contribution is 2.27. The van der Waals surface area contributed by atoms with Crippen molar-refractivity contribution >= 4 is 17.6 Å². The second-order valence-electron chi connectivity index (χ2n) is 4.20. The molecule has 0 N–H and O–H groups in total. The van der Waals surface area contributed by atoms with Gasteiger partial charge in [-0.15, -0.1) is 0 Å². The van der Waals surface area contributed by atoms with E-state index in [0.29, 0.717) is 12.2 Å². The van der Waals surface area contributed by atoms with Gasteiger partial charge in [-0.05, 0) is 28.8 Å². The van der Waals surface area contributed by atoms with Crippen molar-refractivity contribution in [3.05, 3.63) is 71.3 Å². The van der Waals surface area contributed by atoms with Gasteiger partial charge in [-0.2, -0.15) is 0 Å². The minimum atomic E-state index is -0.240. The number of esters is 1. The first-order chi connectivity index (χ1) is 8.84. The molecule has 0 atom stereocenters. The van der Waals surface area contributed by atoms with Crippen LogP contribution >= 0.6 is 0 Å². The van der Waals surface area contributed by atoms with Crippen LogP contribution in [0.25, 0.3) is 11.6 Å². The zero-order chi connectivity index (χ0) is 12.4. The van der Waals surface area contributed by atoms with Gasteiger partial charge in [0.05, 0.1) is 5.56 Å². The van der Waals surface area contributed by atoms with E-state index in [1.807, 2.05) is 48.5 Å². The van der Waals surface area contributed by atoms with Gasteiger partial charge in [0.1, 0.15) is 6.61 Å². The van der Waals surface area contributed by atoms with Gasteiger partial charge < -0.3 is 4.74 Å². The third-order valence-electron chi connectivity index (χ3n) is 2.99. The van der Waals surface area contributed by atoms with Crippen molar-refractivity contribution in [2.24, 2.45) is 0 Å². The summed E-state index contributed by atoms with van der Waals surface area (Å²) >= 11 is 0. The average Bonchev–Trinajstić information content (AvgIpc) is 2.44. The van der Waals surface area contributed by atoms with Gasteiger partial charge in [-0.3, -0.25) is 0 Å². The van der Waals surface area contributed by atoms with Crippen molar-refractivity contribution < 1.29 is 9.53 Å². The van der Waals surface area contributed by atoms with Crippen LogP contribution in [0.2, 0.25) is 0 Å². The molecule has 1 aliphatic rings. The molecule has 18 heavy (non-hydrogen) atoms. The van der Waals surface area contributed by atoms with Crippen LogP contribution in [0.1, 0.15) is 21.5 Å². The van der Waals surface area contributed by atoms with E-state index in [-0.39, 0.29) is 5.97 Å². The molecule has 1 aliphatic heterocycles. The summed E-state index contributed by atoms with van der Waals surface area (Å²) in [6, 6.07) is 17.6. The van der Waals surface area contributed by atoms with Gasteiger partial charge in [0.25, 0.3) is 0 Å². The fraction of sp³-hybridized carbons (Fsp3) is 0.0625. The first-order valence-corrected chi connectivity index (χ1v) is 5.87. The number of fused-ring (bicyclic) bond motifs is 1. The molecule has 0 fully saturated rings. The predicted molar refractivity (Wildman–Crippen MR) is 71.0 cm³/mol. The number of cyclic esters (lactones) is 1. The number of carbonyl (C=O) groups excluding carboxylic acids is 1. The van der Waals surface area contributed by atoms with Crippen LogP contribution in [-0.4, -0.2) is 12.6 Å². The lowest BCUT2D eigenvalue weighted by Gasteiger charge is -2.18. The van der Waals surface area contributed by atoms with E-state index in [0.717, 1.165) is 16.7 Å². The smallest absolute Gasteiger partial charge is 0.339 e. The van der Waals surface area contributed by atoms with Crippen LogP contribution in [0.5, 0.6) is 0 Å². The Labute approximate surface area is 106 Å². The van der Waals surface area contributed by atoms with Crippen molar-refractivity contribution in [1.82, 2.24) is 0 Å². The molecule has 2 nitrogen and oxygen atoms in total. The Morgan fingerprint density at radius 2 is 1.56 bits per heavy atom. The summed E-state index contributed by atoms with van der Waals surface area (Å²) in [6.45, 7) is 0.338. The summed E-state index contributed by atoms with van der Waals surface area (Å²) < 4.78 is 5.18. The molecule has 2 aromatic rings. The third-order valence-corrected chi connectivity index (χ3v) is 2.99. The second kappa shape index (κ2) is 4.49. The molecule has 0 aromatic heterocycles. The Kier molecular flexibility index (Phi) is 2.69. The third kappa shape index (κ3) is 1.93. The lowest BCUT2D eigenvalue weighted by molar-refractivity contribution is 0.0544. The minimum absolute atomic E-state index is 0.240. The van der Waals surface area contributed by atoms with Crippen LogP contribution in [0.3, 0.4) is 0 Å². The standard InChI is InChI=1S/C16H12O2/c17-16-15-9-5-4-8-14(15)13(11-18-16)10-12-6-2-1-3-7-12/h1-10H,11H2/b13-10+. The highest BCUT2D eigenvalue weighted by Gasteiger charge is 2.21. The van der Waals surface area contributed by atoms with Crippen LogP contribution in [0, 0.1) is 0 Å². The SMILES string of the molecule is O=C1OC/C(=C\c2ccccc2)c2ccccc21. The molecule has 0 spiro atoms. The van der Waals surface area contributed by atoms with E-state index in [1.165, 1.54) is 0 Å². The molecule has 0 radical (unpaired) electrons. The number of hydrogen-bond acceptors (Lipinski definition) is 2. The van der Waals surface area contributed by atoms with Crippen molar-refractivity contribution in [3.8, 4) is 0 Å². The number of rotatable bonds is 1. The predicted octanol–water partition coefficient (Wildman–Crippen LogP) is 3.40. The first kappa shape index (κ1) is 10.8. The molecule has 0 aliphatic carbocycles. The maximum absolute atomic E-state index is 11.6. The summed E-state index contributed by atoms with van der Waals surface area (Å²) in [5.41, 5.74) is 3.76. The Morgan fingerprint density at radius 3 is 2.33 bits per heavy atom. The highest BCUT2D eigenvalue weighted by atomic mass is 16.5. The highest BCUT2D eigenvalue weighted by molar-refractivity contribution is 6.01. The minimum Gasteiger partial charge on any atom is -0.457 e. The van der Waals surface area contributed by atoms with Crippen molar-refractivity contribution in [2.75, 3.05) is 6.61 Å². The van der Waals surface area contributed by atoms with Gasteiger partial charge >= 0.3 is 5.97 Å². The molecular weight excluding hydrogens is 224 g/mol. The topological polar surface area (TPSA) is 26.3 Å². The Balaban J connectivity index is 2.08. The van der Waals surface area contributed by atoms with Crippen molar-refractivity contribution in [3.63, 3.8) is 0 Å². The molecule has 2 heteroatoms. The van der Waals surface area contributed by atoms with E-state index in [9.17, 15) is 4.79 Å². The normalized spacial score (nSPS) is 16.2. The quantitative estimate of drug-likeness (QED) is 0.709. The maximum Gasteiger partial charge on any atom is 0.339 e. The number of benzene rings is 2. The fourth-order valence-electron chi connectivity index (χ4n) is 2.11. The number of ether oxygens (including phenoxy) is 1. The number of carbonyl (C=O) groups is 1. The lowest BCUT2D eigenvalue weighted by Crippen LogP contribution is -2.16. The summed E-state index contributed by atoms with van der Waals surface area (Å²) in [5, 5.41) is 0. The summed E-state index contributed by atoms with van der Waals surface area (Å²) in [6.07, 6.45) is 2.06. The summed E-state index contributed by atoms with van der Waals surface area (Å²) in [5.74, 6) is -0.240. The molecule has 0 unspecified atom stereocenters. The Bertz CT molecular complexity index is 612.